The summed E-state index contributed by atoms with van der Waals surface area (Å²) in [5.74, 6) is 0. The first-order chi connectivity index (χ1) is 7.31. The largest absolute Gasteiger partial charge is 0.331 e. The van der Waals surface area contributed by atoms with E-state index in [1.165, 1.54) is 18.4 Å². The van der Waals surface area contributed by atoms with Crippen LogP contribution in [0.5, 0.6) is 0 Å². The number of nitrogens with zero attached hydrogens (tertiary/aromatic N) is 2. The van der Waals surface area contributed by atoms with Crippen LogP contribution in [0.25, 0.3) is 11.0 Å². The van der Waals surface area contributed by atoms with Gasteiger partial charge in [-0.1, -0.05) is 31.9 Å². The molecule has 0 fully saturated rings. The molecular weight excluding hydrogens is 320 g/mol. The maximum Gasteiger partial charge on any atom is 0.0958 e. The summed E-state index contributed by atoms with van der Waals surface area (Å²) in [5, 5.41) is 1.07. The second-order valence-corrected chi connectivity index (χ2v) is 5.18. The minimum atomic E-state index is 1.05. The molecule has 0 spiro atoms. The molecule has 0 atom stereocenters. The van der Waals surface area contributed by atoms with Crippen molar-refractivity contribution in [2.45, 2.75) is 19.4 Å². The Morgan fingerprint density at radius 2 is 2.13 bits per heavy atom. The highest BCUT2D eigenvalue weighted by Crippen LogP contribution is 2.18. The highest BCUT2D eigenvalue weighted by atomic mass is 79.9. The normalized spacial score (nSPS) is 11.1. The topological polar surface area (TPSA) is 17.8 Å². The molecule has 0 bridgehead atoms. The number of benzene rings is 1. The van der Waals surface area contributed by atoms with Gasteiger partial charge in [-0.3, -0.25) is 0 Å². The minimum Gasteiger partial charge on any atom is -0.331 e. The van der Waals surface area contributed by atoms with Gasteiger partial charge in [0.15, 0.2) is 0 Å². The summed E-state index contributed by atoms with van der Waals surface area (Å²) in [7, 11) is 0. The Kier molecular flexibility index (Phi) is 3.81. The molecule has 0 aliphatic rings. The zero-order valence-corrected chi connectivity index (χ0v) is 11.5. The third-order valence-corrected chi connectivity index (χ3v) is 3.42. The van der Waals surface area contributed by atoms with Crippen molar-refractivity contribution in [3.05, 3.63) is 29.0 Å². The molecule has 0 saturated carbocycles. The Labute approximate surface area is 106 Å². The Bertz CT molecular complexity index is 451. The average Bonchev–Trinajstić information content (AvgIpc) is 2.61. The molecule has 0 unspecified atom stereocenters. The molecule has 0 N–H and O–H groups in total. The van der Waals surface area contributed by atoms with E-state index in [1.54, 1.807) is 0 Å². The summed E-state index contributed by atoms with van der Waals surface area (Å²) in [6.45, 7) is 1.05. The number of rotatable bonds is 4. The minimum absolute atomic E-state index is 1.05. The van der Waals surface area contributed by atoms with E-state index in [4.69, 9.17) is 0 Å². The van der Waals surface area contributed by atoms with E-state index in [9.17, 15) is 0 Å². The Hall–Kier alpha value is -0.350. The van der Waals surface area contributed by atoms with Crippen LogP contribution < -0.4 is 0 Å². The van der Waals surface area contributed by atoms with Crippen LogP contribution in [0.4, 0.5) is 0 Å². The fourth-order valence-corrected chi connectivity index (χ4v) is 2.34. The first kappa shape index (κ1) is 11.1. The van der Waals surface area contributed by atoms with Crippen LogP contribution in [-0.2, 0) is 6.54 Å². The van der Waals surface area contributed by atoms with Gasteiger partial charge in [0.1, 0.15) is 0 Å². The molecule has 0 aliphatic carbocycles. The molecule has 1 aromatic heterocycles. The predicted molar refractivity (Wildman–Crippen MR) is 70.5 cm³/mol. The number of fused-ring (bicyclic) bond motifs is 1. The maximum atomic E-state index is 4.38. The summed E-state index contributed by atoms with van der Waals surface area (Å²) in [4.78, 5) is 4.38. The second-order valence-electron chi connectivity index (χ2n) is 3.47. The van der Waals surface area contributed by atoms with Gasteiger partial charge in [-0.05, 0) is 31.0 Å². The van der Waals surface area contributed by atoms with Gasteiger partial charge in [0.2, 0.25) is 0 Å². The molecule has 0 radical (unpaired) electrons. The lowest BCUT2D eigenvalue weighted by Gasteiger charge is -2.02. The molecule has 2 nitrogen and oxygen atoms in total. The van der Waals surface area contributed by atoms with Crippen molar-refractivity contribution in [3.63, 3.8) is 0 Å². The standard InChI is InChI=1S/C11H12Br2N2/c12-5-1-2-6-15-8-14-10-7-9(13)3-4-11(10)15/h3-4,7-8H,1-2,5-6H2. The Morgan fingerprint density at radius 3 is 2.93 bits per heavy atom. The summed E-state index contributed by atoms with van der Waals surface area (Å²) in [6, 6.07) is 6.22. The molecule has 2 rings (SSSR count). The fourth-order valence-electron chi connectivity index (χ4n) is 1.59. The molecule has 15 heavy (non-hydrogen) atoms. The lowest BCUT2D eigenvalue weighted by atomic mass is 10.3. The number of aromatic nitrogens is 2. The van der Waals surface area contributed by atoms with Gasteiger partial charge in [-0.25, -0.2) is 4.98 Å². The summed E-state index contributed by atoms with van der Waals surface area (Å²) >= 11 is 6.89. The molecule has 1 aromatic carbocycles. The Morgan fingerprint density at radius 1 is 1.27 bits per heavy atom. The van der Waals surface area contributed by atoms with Gasteiger partial charge < -0.3 is 4.57 Å². The van der Waals surface area contributed by atoms with E-state index in [-0.39, 0.29) is 0 Å². The number of unbranched alkanes of at least 4 members (excludes halogenated alkanes) is 1. The predicted octanol–water partition coefficient (Wildman–Crippen LogP) is 3.97. The lowest BCUT2D eigenvalue weighted by Crippen LogP contribution is -1.95. The summed E-state index contributed by atoms with van der Waals surface area (Å²) in [6.07, 6.45) is 4.31. The zero-order valence-electron chi connectivity index (χ0n) is 8.29. The number of hydrogen-bond donors (Lipinski definition) is 0. The van der Waals surface area contributed by atoms with Crippen molar-refractivity contribution in [1.29, 1.82) is 0 Å². The monoisotopic (exact) mass is 330 g/mol. The lowest BCUT2D eigenvalue weighted by molar-refractivity contribution is 0.650. The van der Waals surface area contributed by atoms with Gasteiger partial charge in [0, 0.05) is 16.3 Å². The van der Waals surface area contributed by atoms with Gasteiger partial charge in [0.25, 0.3) is 0 Å². The van der Waals surface area contributed by atoms with Gasteiger partial charge in [0.05, 0.1) is 17.4 Å². The average molecular weight is 332 g/mol. The Balaban J connectivity index is 2.21. The molecule has 2 aromatic rings. The highest BCUT2D eigenvalue weighted by molar-refractivity contribution is 9.10. The third-order valence-electron chi connectivity index (χ3n) is 2.37. The smallest absolute Gasteiger partial charge is 0.0958 e. The second kappa shape index (κ2) is 5.12. The molecular formula is C11H12Br2N2. The van der Waals surface area contributed by atoms with Crippen molar-refractivity contribution < 1.29 is 0 Å². The van der Waals surface area contributed by atoms with Crippen LogP contribution in [0.3, 0.4) is 0 Å². The SMILES string of the molecule is BrCCCCn1cnc2cc(Br)ccc21. The first-order valence-electron chi connectivity index (χ1n) is 4.97. The molecule has 4 heteroatoms. The first-order valence-corrected chi connectivity index (χ1v) is 6.89. The zero-order chi connectivity index (χ0) is 10.7. The summed E-state index contributed by atoms with van der Waals surface area (Å²) < 4.78 is 3.30. The van der Waals surface area contributed by atoms with Crippen LogP contribution in [0.1, 0.15) is 12.8 Å². The van der Waals surface area contributed by atoms with E-state index in [1.807, 2.05) is 6.33 Å². The number of halogens is 2. The van der Waals surface area contributed by atoms with Crippen molar-refractivity contribution in [1.82, 2.24) is 9.55 Å². The molecule has 0 amide bonds. The van der Waals surface area contributed by atoms with E-state index in [2.05, 4.69) is 59.6 Å². The van der Waals surface area contributed by atoms with Crippen LogP contribution in [-0.4, -0.2) is 14.9 Å². The third kappa shape index (κ3) is 2.61. The van der Waals surface area contributed by atoms with Crippen molar-refractivity contribution in [2.24, 2.45) is 0 Å². The van der Waals surface area contributed by atoms with Crippen LogP contribution in [0, 0.1) is 0 Å². The fraction of sp³-hybridized carbons (Fsp3) is 0.364. The number of alkyl halides is 1. The quantitative estimate of drug-likeness (QED) is 0.612. The molecule has 0 aliphatic heterocycles. The van der Waals surface area contributed by atoms with E-state index < -0.39 is 0 Å². The van der Waals surface area contributed by atoms with Gasteiger partial charge in [-0.2, -0.15) is 0 Å². The maximum absolute atomic E-state index is 4.38. The number of aryl methyl sites for hydroxylation is 1. The van der Waals surface area contributed by atoms with Crippen molar-refractivity contribution in [2.75, 3.05) is 5.33 Å². The molecule has 80 valence electrons. The van der Waals surface area contributed by atoms with E-state index in [0.717, 1.165) is 21.9 Å². The van der Waals surface area contributed by atoms with E-state index >= 15 is 0 Å². The van der Waals surface area contributed by atoms with E-state index in [0.29, 0.717) is 0 Å². The molecule has 1 heterocycles. The van der Waals surface area contributed by atoms with Gasteiger partial charge in [-0.15, -0.1) is 0 Å². The highest BCUT2D eigenvalue weighted by Gasteiger charge is 2.01. The summed E-state index contributed by atoms with van der Waals surface area (Å²) in [5.41, 5.74) is 2.27. The van der Waals surface area contributed by atoms with Crippen molar-refractivity contribution >= 4 is 42.9 Å². The van der Waals surface area contributed by atoms with Crippen LogP contribution in [0.2, 0.25) is 0 Å². The van der Waals surface area contributed by atoms with Crippen LogP contribution >= 0.6 is 31.9 Å². The van der Waals surface area contributed by atoms with Crippen LogP contribution in [0.15, 0.2) is 29.0 Å². The number of imidazole rings is 1. The molecule has 0 saturated heterocycles. The van der Waals surface area contributed by atoms with Crippen molar-refractivity contribution in [3.8, 4) is 0 Å². The number of hydrogen-bond acceptors (Lipinski definition) is 1. The van der Waals surface area contributed by atoms with Gasteiger partial charge >= 0.3 is 0 Å².